The Hall–Kier alpha value is -2.38. The number of nitrogens with zero attached hydrogens (tertiary/aromatic N) is 1. The summed E-state index contributed by atoms with van der Waals surface area (Å²) < 4.78 is 0.926. The first kappa shape index (κ1) is 18.4. The van der Waals surface area contributed by atoms with Crippen molar-refractivity contribution in [3.8, 4) is 0 Å². The summed E-state index contributed by atoms with van der Waals surface area (Å²) >= 11 is 4.19. The highest BCUT2D eigenvalue weighted by atomic mass is 79.9. The minimum absolute atomic E-state index is 0.306. The van der Waals surface area contributed by atoms with Crippen LogP contribution in [-0.4, -0.2) is 28.5 Å². The molecule has 1 aliphatic rings. The number of carbonyl (C=O) groups excluding carboxylic acids is 3. The molecule has 2 aromatic rings. The van der Waals surface area contributed by atoms with Crippen molar-refractivity contribution >= 4 is 56.5 Å². The molecule has 1 fully saturated rings. The highest BCUT2D eigenvalue weighted by Gasteiger charge is 2.36. The highest BCUT2D eigenvalue weighted by Crippen LogP contribution is 2.32. The maximum absolute atomic E-state index is 12.5. The summed E-state index contributed by atoms with van der Waals surface area (Å²) in [4.78, 5) is 38.0. The molecule has 0 radical (unpaired) electrons. The average Bonchev–Trinajstić information content (AvgIpc) is 2.84. The van der Waals surface area contributed by atoms with Gasteiger partial charge in [-0.2, -0.15) is 0 Å². The number of carbonyl (C=O) groups is 3. The molecular formula is C19H15BrN2O3S. The van der Waals surface area contributed by atoms with E-state index < -0.39 is 17.1 Å². The summed E-state index contributed by atoms with van der Waals surface area (Å²) in [6.07, 6.45) is 1.65. The predicted molar refractivity (Wildman–Crippen MR) is 107 cm³/mol. The molecule has 0 aliphatic carbocycles. The van der Waals surface area contributed by atoms with Crippen molar-refractivity contribution in [1.82, 2.24) is 4.90 Å². The number of imide groups is 1. The van der Waals surface area contributed by atoms with Gasteiger partial charge in [-0.1, -0.05) is 40.2 Å². The molecule has 1 heterocycles. The molecule has 3 amide bonds. The van der Waals surface area contributed by atoms with Crippen LogP contribution in [-0.2, 0) is 9.59 Å². The van der Waals surface area contributed by atoms with Crippen molar-refractivity contribution in [3.63, 3.8) is 0 Å². The van der Waals surface area contributed by atoms with E-state index in [0.29, 0.717) is 10.6 Å². The molecule has 1 saturated heterocycles. The van der Waals surface area contributed by atoms with Gasteiger partial charge in [0.1, 0.15) is 6.54 Å². The molecule has 0 spiro atoms. The van der Waals surface area contributed by atoms with E-state index >= 15 is 0 Å². The second kappa shape index (κ2) is 7.88. The zero-order chi connectivity index (χ0) is 18.7. The van der Waals surface area contributed by atoms with Crippen molar-refractivity contribution in [3.05, 3.63) is 69.0 Å². The topological polar surface area (TPSA) is 66.5 Å². The molecule has 0 saturated carbocycles. The molecular weight excluding hydrogens is 416 g/mol. The third kappa shape index (κ3) is 4.42. The van der Waals surface area contributed by atoms with Crippen molar-refractivity contribution in [2.75, 3.05) is 11.9 Å². The molecule has 3 rings (SSSR count). The molecule has 0 aromatic heterocycles. The van der Waals surface area contributed by atoms with Gasteiger partial charge in [0.25, 0.3) is 11.1 Å². The van der Waals surface area contributed by atoms with Gasteiger partial charge in [0.05, 0.1) is 4.91 Å². The first-order valence-electron chi connectivity index (χ1n) is 7.80. The lowest BCUT2D eigenvalue weighted by molar-refractivity contribution is -0.127. The zero-order valence-electron chi connectivity index (χ0n) is 13.9. The van der Waals surface area contributed by atoms with Crippen molar-refractivity contribution in [2.24, 2.45) is 0 Å². The van der Waals surface area contributed by atoms with Gasteiger partial charge >= 0.3 is 0 Å². The number of aryl methyl sites for hydroxylation is 1. The lowest BCUT2D eigenvalue weighted by Gasteiger charge is -2.12. The number of thioether (sulfide) groups is 1. The van der Waals surface area contributed by atoms with Crippen LogP contribution in [0.5, 0.6) is 0 Å². The van der Waals surface area contributed by atoms with Crippen LogP contribution >= 0.6 is 27.7 Å². The van der Waals surface area contributed by atoms with Gasteiger partial charge in [0.15, 0.2) is 0 Å². The van der Waals surface area contributed by atoms with Crippen LogP contribution in [0.15, 0.2) is 57.9 Å². The first-order valence-corrected chi connectivity index (χ1v) is 9.41. The number of nitrogens with one attached hydrogen (secondary N) is 1. The maximum Gasteiger partial charge on any atom is 0.294 e. The van der Waals surface area contributed by atoms with E-state index in [1.54, 1.807) is 12.1 Å². The van der Waals surface area contributed by atoms with Crippen LogP contribution in [0.1, 0.15) is 11.1 Å². The van der Waals surface area contributed by atoms with E-state index in [0.717, 1.165) is 32.3 Å². The molecule has 26 heavy (non-hydrogen) atoms. The summed E-state index contributed by atoms with van der Waals surface area (Å²) in [5.41, 5.74) is 2.45. The van der Waals surface area contributed by atoms with Crippen molar-refractivity contribution in [2.45, 2.75) is 6.92 Å². The van der Waals surface area contributed by atoms with Crippen LogP contribution in [0, 0.1) is 6.92 Å². The second-order valence-electron chi connectivity index (χ2n) is 5.74. The Balaban J connectivity index is 1.69. The minimum Gasteiger partial charge on any atom is -0.325 e. The van der Waals surface area contributed by atoms with Crippen molar-refractivity contribution in [1.29, 1.82) is 0 Å². The quantitative estimate of drug-likeness (QED) is 0.728. The Labute approximate surface area is 163 Å². The Morgan fingerprint density at radius 1 is 1.19 bits per heavy atom. The Kier molecular flexibility index (Phi) is 5.58. The molecule has 132 valence electrons. The fourth-order valence-electron chi connectivity index (χ4n) is 2.41. The second-order valence-corrected chi connectivity index (χ2v) is 7.65. The van der Waals surface area contributed by atoms with E-state index in [4.69, 9.17) is 0 Å². The molecule has 0 atom stereocenters. The number of anilines is 1. The van der Waals surface area contributed by atoms with Gasteiger partial charge in [0, 0.05) is 10.2 Å². The number of rotatable bonds is 4. The van der Waals surface area contributed by atoms with Gasteiger partial charge in [0.2, 0.25) is 5.91 Å². The summed E-state index contributed by atoms with van der Waals surface area (Å²) in [7, 11) is 0. The van der Waals surface area contributed by atoms with E-state index in [1.807, 2.05) is 49.4 Å². The SMILES string of the molecule is Cc1cccc(NC(=O)CN2C(=O)SC(=Cc3ccc(Br)cc3)C2=O)c1. The van der Waals surface area contributed by atoms with E-state index in [-0.39, 0.29) is 6.54 Å². The number of amides is 3. The Morgan fingerprint density at radius 2 is 1.92 bits per heavy atom. The lowest BCUT2D eigenvalue weighted by atomic mass is 10.2. The normalized spacial score (nSPS) is 15.6. The molecule has 5 nitrogen and oxygen atoms in total. The third-order valence-corrected chi connectivity index (χ3v) is 5.08. The van der Waals surface area contributed by atoms with Crippen molar-refractivity contribution < 1.29 is 14.4 Å². The monoisotopic (exact) mass is 430 g/mol. The largest absolute Gasteiger partial charge is 0.325 e. The van der Waals surface area contributed by atoms with Crippen LogP contribution in [0.25, 0.3) is 6.08 Å². The molecule has 1 N–H and O–H groups in total. The predicted octanol–water partition coefficient (Wildman–Crippen LogP) is 4.43. The summed E-state index contributed by atoms with van der Waals surface area (Å²) in [6, 6.07) is 14.7. The molecule has 0 bridgehead atoms. The average molecular weight is 431 g/mol. The molecule has 2 aromatic carbocycles. The number of halogens is 1. The van der Waals surface area contributed by atoms with Gasteiger partial charge in [-0.15, -0.1) is 0 Å². The van der Waals surface area contributed by atoms with Crippen LogP contribution in [0.4, 0.5) is 10.5 Å². The molecule has 1 aliphatic heterocycles. The van der Waals surface area contributed by atoms with E-state index in [2.05, 4.69) is 21.2 Å². The van der Waals surface area contributed by atoms with E-state index in [9.17, 15) is 14.4 Å². The van der Waals surface area contributed by atoms with Crippen LogP contribution < -0.4 is 5.32 Å². The van der Waals surface area contributed by atoms with Gasteiger partial charge in [-0.25, -0.2) is 0 Å². The Bertz CT molecular complexity index is 909. The summed E-state index contributed by atoms with van der Waals surface area (Å²) in [5.74, 6) is -0.870. The van der Waals surface area contributed by atoms with Gasteiger partial charge in [-0.05, 0) is 60.2 Å². The minimum atomic E-state index is -0.456. The van der Waals surface area contributed by atoms with Gasteiger partial charge < -0.3 is 5.32 Å². The smallest absolute Gasteiger partial charge is 0.294 e. The number of benzene rings is 2. The third-order valence-electron chi connectivity index (χ3n) is 3.64. The van der Waals surface area contributed by atoms with Crippen LogP contribution in [0.2, 0.25) is 0 Å². The number of hydrogen-bond acceptors (Lipinski definition) is 4. The summed E-state index contributed by atoms with van der Waals surface area (Å²) in [6.45, 7) is 1.61. The fraction of sp³-hybridized carbons (Fsp3) is 0.105. The summed E-state index contributed by atoms with van der Waals surface area (Å²) in [5, 5.41) is 2.26. The maximum atomic E-state index is 12.5. The molecule has 0 unspecified atom stereocenters. The highest BCUT2D eigenvalue weighted by molar-refractivity contribution is 9.10. The Morgan fingerprint density at radius 3 is 2.62 bits per heavy atom. The van der Waals surface area contributed by atoms with Gasteiger partial charge in [-0.3, -0.25) is 19.3 Å². The molecule has 7 heteroatoms. The first-order chi connectivity index (χ1) is 12.4. The fourth-order valence-corrected chi connectivity index (χ4v) is 3.52. The lowest BCUT2D eigenvalue weighted by Crippen LogP contribution is -2.36. The van der Waals surface area contributed by atoms with Crippen LogP contribution in [0.3, 0.4) is 0 Å². The number of hydrogen-bond donors (Lipinski definition) is 1. The standard InChI is InChI=1S/C19H15BrN2O3S/c1-12-3-2-4-15(9-12)21-17(23)11-22-18(24)16(26-19(22)25)10-13-5-7-14(20)8-6-13/h2-10H,11H2,1H3,(H,21,23). The zero-order valence-corrected chi connectivity index (χ0v) is 16.3. The van der Waals surface area contributed by atoms with E-state index in [1.165, 1.54) is 0 Å².